The van der Waals surface area contributed by atoms with Crippen molar-refractivity contribution in [2.24, 2.45) is 0 Å². The van der Waals surface area contributed by atoms with E-state index in [2.05, 4.69) is 55.3 Å². The van der Waals surface area contributed by atoms with Crippen LogP contribution >= 0.6 is 0 Å². The third-order valence-corrected chi connectivity index (χ3v) is 2.75. The summed E-state index contributed by atoms with van der Waals surface area (Å²) in [6.07, 6.45) is 0. The van der Waals surface area contributed by atoms with E-state index in [1.54, 1.807) is 0 Å². The van der Waals surface area contributed by atoms with Crippen molar-refractivity contribution in [3.63, 3.8) is 0 Å². The Labute approximate surface area is 107 Å². The summed E-state index contributed by atoms with van der Waals surface area (Å²) in [6.45, 7) is 8.93. The van der Waals surface area contributed by atoms with E-state index < -0.39 is 0 Å². The zero-order valence-corrected chi connectivity index (χ0v) is 11.3. The van der Waals surface area contributed by atoms with Crippen LogP contribution < -0.4 is 5.32 Å². The molecule has 0 spiro atoms. The Balaban J connectivity index is 2.18. The summed E-state index contributed by atoms with van der Waals surface area (Å²) in [4.78, 5) is 4.40. The summed E-state index contributed by atoms with van der Waals surface area (Å²) in [5, 5.41) is 7.24. The highest BCUT2D eigenvalue weighted by molar-refractivity contribution is 5.58. The molecule has 0 unspecified atom stereocenters. The molecule has 1 N–H and O–H groups in total. The van der Waals surface area contributed by atoms with Gasteiger partial charge < -0.3 is 9.84 Å². The van der Waals surface area contributed by atoms with Gasteiger partial charge in [-0.1, -0.05) is 36.7 Å². The maximum atomic E-state index is 5.30. The van der Waals surface area contributed by atoms with Crippen molar-refractivity contribution in [1.82, 2.24) is 15.5 Å². The molecular weight excluding hydrogens is 226 g/mol. The lowest BCUT2D eigenvalue weighted by Crippen LogP contribution is -2.22. The fraction of sp³-hybridized carbons (Fsp3) is 0.429. The van der Waals surface area contributed by atoms with E-state index in [-0.39, 0.29) is 0 Å². The van der Waals surface area contributed by atoms with Gasteiger partial charge in [0.15, 0.2) is 5.82 Å². The van der Waals surface area contributed by atoms with Crippen LogP contribution in [0.4, 0.5) is 0 Å². The van der Waals surface area contributed by atoms with Crippen molar-refractivity contribution in [2.75, 3.05) is 0 Å². The number of hydrogen-bond donors (Lipinski definition) is 1. The molecule has 2 rings (SSSR count). The molecule has 1 aromatic heterocycles. The van der Waals surface area contributed by atoms with Gasteiger partial charge in [-0.3, -0.25) is 0 Å². The molecule has 0 aliphatic heterocycles. The highest BCUT2D eigenvalue weighted by Crippen LogP contribution is 2.22. The predicted molar refractivity (Wildman–Crippen MR) is 71.2 cm³/mol. The standard InChI is InChI=1S/C14H19N3O/c1-9(2)15-8-13-16-14(18-17-13)12-6-5-10(3)7-11(12)4/h5-7,9,15H,8H2,1-4H3. The molecule has 1 aromatic carbocycles. The lowest BCUT2D eigenvalue weighted by molar-refractivity contribution is 0.417. The summed E-state index contributed by atoms with van der Waals surface area (Å²) in [5.41, 5.74) is 3.39. The van der Waals surface area contributed by atoms with E-state index in [9.17, 15) is 0 Å². The second-order valence-corrected chi connectivity index (χ2v) is 4.87. The number of hydrogen-bond acceptors (Lipinski definition) is 4. The first-order valence-corrected chi connectivity index (χ1v) is 6.20. The minimum Gasteiger partial charge on any atom is -0.334 e. The lowest BCUT2D eigenvalue weighted by atomic mass is 10.1. The van der Waals surface area contributed by atoms with Crippen LogP contribution in [0.2, 0.25) is 0 Å². The molecule has 0 amide bonds. The molecule has 2 aromatic rings. The van der Waals surface area contributed by atoms with Gasteiger partial charge in [-0.2, -0.15) is 4.98 Å². The van der Waals surface area contributed by atoms with Crippen LogP contribution in [-0.4, -0.2) is 16.2 Å². The van der Waals surface area contributed by atoms with Crippen LogP contribution in [0.5, 0.6) is 0 Å². The Morgan fingerprint density at radius 3 is 2.72 bits per heavy atom. The Morgan fingerprint density at radius 2 is 2.06 bits per heavy atom. The maximum Gasteiger partial charge on any atom is 0.258 e. The number of nitrogens with one attached hydrogen (secondary N) is 1. The first-order chi connectivity index (χ1) is 8.56. The summed E-state index contributed by atoms with van der Waals surface area (Å²) in [5.74, 6) is 1.28. The van der Waals surface area contributed by atoms with Gasteiger partial charge in [-0.15, -0.1) is 0 Å². The second kappa shape index (κ2) is 5.31. The van der Waals surface area contributed by atoms with Gasteiger partial charge in [-0.05, 0) is 25.5 Å². The minimum absolute atomic E-state index is 0.410. The number of benzene rings is 1. The summed E-state index contributed by atoms with van der Waals surface area (Å²) < 4.78 is 5.30. The van der Waals surface area contributed by atoms with Crippen molar-refractivity contribution >= 4 is 0 Å². The normalized spacial score (nSPS) is 11.2. The van der Waals surface area contributed by atoms with E-state index in [4.69, 9.17) is 4.52 Å². The fourth-order valence-electron chi connectivity index (χ4n) is 1.78. The number of aryl methyl sites for hydroxylation is 2. The molecule has 0 bridgehead atoms. The molecule has 96 valence electrons. The summed E-state index contributed by atoms with van der Waals surface area (Å²) >= 11 is 0. The van der Waals surface area contributed by atoms with Crippen LogP contribution in [0, 0.1) is 13.8 Å². The Kier molecular flexibility index (Phi) is 3.77. The van der Waals surface area contributed by atoms with Crippen molar-refractivity contribution in [1.29, 1.82) is 0 Å². The molecule has 0 aliphatic rings. The topological polar surface area (TPSA) is 51.0 Å². The van der Waals surface area contributed by atoms with Gasteiger partial charge in [0.1, 0.15) is 0 Å². The van der Waals surface area contributed by atoms with Crippen LogP contribution in [0.1, 0.15) is 30.8 Å². The molecule has 0 saturated carbocycles. The van der Waals surface area contributed by atoms with E-state index in [0.717, 1.165) is 11.1 Å². The fourth-order valence-corrected chi connectivity index (χ4v) is 1.78. The van der Waals surface area contributed by atoms with Gasteiger partial charge in [0, 0.05) is 11.6 Å². The van der Waals surface area contributed by atoms with Gasteiger partial charge in [0.2, 0.25) is 0 Å². The maximum absolute atomic E-state index is 5.30. The Morgan fingerprint density at radius 1 is 1.28 bits per heavy atom. The van der Waals surface area contributed by atoms with Crippen molar-refractivity contribution < 1.29 is 4.52 Å². The predicted octanol–water partition coefficient (Wildman–Crippen LogP) is 2.85. The molecule has 18 heavy (non-hydrogen) atoms. The molecule has 1 heterocycles. The van der Waals surface area contributed by atoms with Crippen LogP contribution in [-0.2, 0) is 6.54 Å². The van der Waals surface area contributed by atoms with Crippen molar-refractivity contribution in [3.05, 3.63) is 35.2 Å². The summed E-state index contributed by atoms with van der Waals surface area (Å²) in [6, 6.07) is 6.61. The lowest BCUT2D eigenvalue weighted by Gasteiger charge is -2.03. The average Bonchev–Trinajstić information content (AvgIpc) is 2.75. The first-order valence-electron chi connectivity index (χ1n) is 6.20. The average molecular weight is 245 g/mol. The van der Waals surface area contributed by atoms with Crippen LogP contribution in [0.3, 0.4) is 0 Å². The van der Waals surface area contributed by atoms with E-state index in [0.29, 0.717) is 24.3 Å². The van der Waals surface area contributed by atoms with Crippen molar-refractivity contribution in [2.45, 2.75) is 40.3 Å². The van der Waals surface area contributed by atoms with E-state index >= 15 is 0 Å². The molecule has 0 radical (unpaired) electrons. The molecule has 0 fully saturated rings. The third kappa shape index (κ3) is 2.96. The molecule has 0 saturated heterocycles. The van der Waals surface area contributed by atoms with Crippen LogP contribution in [0.25, 0.3) is 11.5 Å². The molecular formula is C14H19N3O. The smallest absolute Gasteiger partial charge is 0.258 e. The largest absolute Gasteiger partial charge is 0.334 e. The number of rotatable bonds is 4. The van der Waals surface area contributed by atoms with Gasteiger partial charge in [0.05, 0.1) is 6.54 Å². The zero-order chi connectivity index (χ0) is 13.1. The zero-order valence-electron chi connectivity index (χ0n) is 11.3. The van der Waals surface area contributed by atoms with Crippen LogP contribution in [0.15, 0.2) is 22.7 Å². The van der Waals surface area contributed by atoms with Gasteiger partial charge >= 0.3 is 0 Å². The van der Waals surface area contributed by atoms with Gasteiger partial charge in [-0.25, -0.2) is 0 Å². The minimum atomic E-state index is 0.410. The number of nitrogens with zero attached hydrogens (tertiary/aromatic N) is 2. The number of aromatic nitrogens is 2. The highest BCUT2D eigenvalue weighted by Gasteiger charge is 2.11. The Bertz CT molecular complexity index is 532. The first kappa shape index (κ1) is 12.8. The SMILES string of the molecule is Cc1ccc(-c2nc(CNC(C)C)no2)c(C)c1. The second-order valence-electron chi connectivity index (χ2n) is 4.87. The quantitative estimate of drug-likeness (QED) is 0.900. The highest BCUT2D eigenvalue weighted by atomic mass is 16.5. The third-order valence-electron chi connectivity index (χ3n) is 2.75. The van der Waals surface area contributed by atoms with Crippen molar-refractivity contribution in [3.8, 4) is 11.5 Å². The molecule has 4 heteroatoms. The molecule has 4 nitrogen and oxygen atoms in total. The van der Waals surface area contributed by atoms with Gasteiger partial charge in [0.25, 0.3) is 5.89 Å². The van der Waals surface area contributed by atoms with E-state index in [1.807, 2.05) is 6.07 Å². The summed E-state index contributed by atoms with van der Waals surface area (Å²) in [7, 11) is 0. The molecule has 0 atom stereocenters. The van der Waals surface area contributed by atoms with E-state index in [1.165, 1.54) is 5.56 Å². The Hall–Kier alpha value is -1.68. The molecule has 0 aliphatic carbocycles. The monoisotopic (exact) mass is 245 g/mol.